The number of allylic oxidation sites excluding steroid dienone is 1. The molecular formula is C15H20N2O2. The highest BCUT2D eigenvalue weighted by Crippen LogP contribution is 2.20. The van der Waals surface area contributed by atoms with Crippen molar-refractivity contribution in [1.29, 1.82) is 0 Å². The van der Waals surface area contributed by atoms with Gasteiger partial charge in [-0.15, -0.1) is 0 Å². The molecule has 1 atom stereocenters. The Labute approximate surface area is 113 Å². The van der Waals surface area contributed by atoms with Crippen molar-refractivity contribution < 1.29 is 4.79 Å². The number of aromatic nitrogens is 1. The fraction of sp³-hybridized carbons (Fsp3) is 0.467. The molecule has 19 heavy (non-hydrogen) atoms. The first kappa shape index (κ1) is 13.6. The van der Waals surface area contributed by atoms with Crippen molar-refractivity contribution in [2.24, 2.45) is 7.05 Å². The van der Waals surface area contributed by atoms with E-state index in [1.807, 2.05) is 6.92 Å². The number of pyridine rings is 1. The molecule has 0 saturated heterocycles. The van der Waals surface area contributed by atoms with Crippen LogP contribution in [-0.4, -0.2) is 16.5 Å². The van der Waals surface area contributed by atoms with E-state index in [0.717, 1.165) is 12.8 Å². The molecule has 1 amide bonds. The largest absolute Gasteiger partial charge is 0.346 e. The van der Waals surface area contributed by atoms with Crippen molar-refractivity contribution in [3.05, 3.63) is 45.9 Å². The summed E-state index contributed by atoms with van der Waals surface area (Å²) in [5, 5.41) is 2.91. The van der Waals surface area contributed by atoms with Crippen molar-refractivity contribution in [1.82, 2.24) is 9.88 Å². The van der Waals surface area contributed by atoms with E-state index in [-0.39, 0.29) is 23.1 Å². The monoisotopic (exact) mass is 260 g/mol. The predicted octanol–water partition coefficient (Wildman–Crippen LogP) is 2.00. The Hall–Kier alpha value is -1.84. The van der Waals surface area contributed by atoms with E-state index in [1.54, 1.807) is 25.4 Å². The number of hydrogen-bond acceptors (Lipinski definition) is 2. The minimum atomic E-state index is -0.292. The van der Waals surface area contributed by atoms with Crippen molar-refractivity contribution in [2.75, 3.05) is 0 Å². The number of aryl methyl sites for hydroxylation is 1. The molecule has 2 rings (SSSR count). The summed E-state index contributed by atoms with van der Waals surface area (Å²) in [4.78, 5) is 24.0. The Bertz CT molecular complexity index is 558. The van der Waals surface area contributed by atoms with E-state index >= 15 is 0 Å². The van der Waals surface area contributed by atoms with Gasteiger partial charge < -0.3 is 9.88 Å². The zero-order valence-corrected chi connectivity index (χ0v) is 11.5. The van der Waals surface area contributed by atoms with E-state index in [2.05, 4.69) is 11.4 Å². The molecule has 1 aromatic rings. The number of amides is 1. The maximum Gasteiger partial charge on any atom is 0.263 e. The van der Waals surface area contributed by atoms with Crippen LogP contribution in [0.4, 0.5) is 0 Å². The van der Waals surface area contributed by atoms with E-state index in [9.17, 15) is 9.59 Å². The average molecular weight is 260 g/mol. The maximum absolute atomic E-state index is 12.1. The highest BCUT2D eigenvalue weighted by Gasteiger charge is 2.17. The minimum absolute atomic E-state index is 0.00212. The normalized spacial score (nSPS) is 16.6. The average Bonchev–Trinajstić information content (AvgIpc) is 2.42. The van der Waals surface area contributed by atoms with Gasteiger partial charge in [-0.2, -0.15) is 0 Å². The number of carbonyl (C=O) groups excluding carboxylic acids is 1. The summed E-state index contributed by atoms with van der Waals surface area (Å²) in [6.45, 7) is 1.97. The van der Waals surface area contributed by atoms with Gasteiger partial charge >= 0.3 is 0 Å². The lowest BCUT2D eigenvalue weighted by molar-refractivity contribution is 0.0942. The first-order valence-electron chi connectivity index (χ1n) is 6.75. The topological polar surface area (TPSA) is 51.1 Å². The first-order chi connectivity index (χ1) is 9.09. The molecule has 0 spiro atoms. The second-order valence-corrected chi connectivity index (χ2v) is 5.06. The van der Waals surface area contributed by atoms with Crippen LogP contribution in [0.1, 0.15) is 43.0 Å². The summed E-state index contributed by atoms with van der Waals surface area (Å²) in [7, 11) is 1.65. The fourth-order valence-electron chi connectivity index (χ4n) is 2.39. The van der Waals surface area contributed by atoms with E-state index in [4.69, 9.17) is 0 Å². The zero-order valence-electron chi connectivity index (χ0n) is 11.5. The molecule has 102 valence electrons. The van der Waals surface area contributed by atoms with E-state index in [1.165, 1.54) is 23.0 Å². The van der Waals surface area contributed by atoms with Crippen molar-refractivity contribution in [3.63, 3.8) is 0 Å². The number of carbonyl (C=O) groups is 1. The standard InChI is InChI=1S/C15H20N2O2/c1-11(12-7-4-3-5-8-12)16-14(18)13-9-6-10-17(2)15(13)19/h6-7,9-11H,3-5,8H2,1-2H3,(H,16,18)/t11-/m1/s1. The molecule has 1 aromatic heterocycles. The molecule has 0 radical (unpaired) electrons. The molecule has 0 aliphatic heterocycles. The van der Waals surface area contributed by atoms with E-state index < -0.39 is 0 Å². The number of rotatable bonds is 3. The van der Waals surface area contributed by atoms with Gasteiger partial charge in [0.05, 0.1) is 0 Å². The van der Waals surface area contributed by atoms with Crippen LogP contribution in [0.15, 0.2) is 34.8 Å². The number of nitrogens with zero attached hydrogens (tertiary/aromatic N) is 1. The highest BCUT2D eigenvalue weighted by atomic mass is 16.2. The zero-order chi connectivity index (χ0) is 13.8. The van der Waals surface area contributed by atoms with Gasteiger partial charge in [-0.1, -0.05) is 11.6 Å². The second kappa shape index (κ2) is 5.87. The number of nitrogens with one attached hydrogen (secondary N) is 1. The summed E-state index contributed by atoms with van der Waals surface area (Å²) in [5.74, 6) is -0.292. The Morgan fingerprint density at radius 3 is 2.89 bits per heavy atom. The van der Waals surface area contributed by atoms with Gasteiger partial charge in [-0.05, 0) is 44.7 Å². The minimum Gasteiger partial charge on any atom is -0.346 e. The SMILES string of the molecule is C[C@@H](NC(=O)c1cccn(C)c1=O)C1=CCCCC1. The van der Waals surface area contributed by atoms with Gasteiger partial charge in [-0.25, -0.2) is 0 Å². The smallest absolute Gasteiger partial charge is 0.263 e. The van der Waals surface area contributed by atoms with Gasteiger partial charge in [0.25, 0.3) is 11.5 Å². The summed E-state index contributed by atoms with van der Waals surface area (Å²) < 4.78 is 1.42. The Kier molecular flexibility index (Phi) is 4.20. The maximum atomic E-state index is 12.1. The van der Waals surface area contributed by atoms with Gasteiger partial charge in [0.1, 0.15) is 5.56 Å². The summed E-state index contributed by atoms with van der Waals surface area (Å²) in [5.41, 5.74) is 1.21. The quantitative estimate of drug-likeness (QED) is 0.845. The number of hydrogen-bond donors (Lipinski definition) is 1. The van der Waals surface area contributed by atoms with Crippen molar-refractivity contribution in [2.45, 2.75) is 38.6 Å². The second-order valence-electron chi connectivity index (χ2n) is 5.06. The molecule has 1 aliphatic rings. The first-order valence-corrected chi connectivity index (χ1v) is 6.75. The predicted molar refractivity (Wildman–Crippen MR) is 75.2 cm³/mol. The van der Waals surface area contributed by atoms with Gasteiger partial charge in [0.2, 0.25) is 0 Å². The van der Waals surface area contributed by atoms with E-state index in [0.29, 0.717) is 0 Å². The molecule has 0 unspecified atom stereocenters. The van der Waals surface area contributed by atoms with Crippen LogP contribution in [-0.2, 0) is 7.05 Å². The van der Waals surface area contributed by atoms with Crippen LogP contribution in [0, 0.1) is 0 Å². The van der Waals surface area contributed by atoms with Crippen LogP contribution in [0.5, 0.6) is 0 Å². The lowest BCUT2D eigenvalue weighted by atomic mass is 9.94. The molecule has 4 heteroatoms. The summed E-state index contributed by atoms with van der Waals surface area (Å²) >= 11 is 0. The van der Waals surface area contributed by atoms with Crippen LogP contribution < -0.4 is 10.9 Å². The molecule has 0 aromatic carbocycles. The summed E-state index contributed by atoms with van der Waals surface area (Å²) in [6, 6.07) is 3.28. The molecule has 1 N–H and O–H groups in total. The lowest BCUT2D eigenvalue weighted by Gasteiger charge is -2.20. The molecule has 0 saturated carbocycles. The van der Waals surface area contributed by atoms with Crippen LogP contribution >= 0.6 is 0 Å². The Morgan fingerprint density at radius 1 is 1.42 bits per heavy atom. The third-order valence-electron chi connectivity index (χ3n) is 3.60. The van der Waals surface area contributed by atoms with Gasteiger partial charge in [0, 0.05) is 19.3 Å². The lowest BCUT2D eigenvalue weighted by Crippen LogP contribution is -2.38. The Balaban J connectivity index is 2.10. The molecule has 0 bridgehead atoms. The summed E-state index contributed by atoms with van der Waals surface area (Å²) in [6.07, 6.45) is 8.38. The molecule has 1 heterocycles. The van der Waals surface area contributed by atoms with Crippen LogP contribution in [0.3, 0.4) is 0 Å². The van der Waals surface area contributed by atoms with Crippen molar-refractivity contribution in [3.8, 4) is 0 Å². The van der Waals surface area contributed by atoms with Crippen LogP contribution in [0.2, 0.25) is 0 Å². The Morgan fingerprint density at radius 2 is 2.21 bits per heavy atom. The fourth-order valence-corrected chi connectivity index (χ4v) is 2.39. The molecule has 0 fully saturated rings. The van der Waals surface area contributed by atoms with Crippen LogP contribution in [0.25, 0.3) is 0 Å². The van der Waals surface area contributed by atoms with Gasteiger partial charge in [0.15, 0.2) is 0 Å². The van der Waals surface area contributed by atoms with Gasteiger partial charge in [-0.3, -0.25) is 9.59 Å². The molecular weight excluding hydrogens is 240 g/mol. The van der Waals surface area contributed by atoms with Crippen molar-refractivity contribution >= 4 is 5.91 Å². The highest BCUT2D eigenvalue weighted by molar-refractivity contribution is 5.94. The third-order valence-corrected chi connectivity index (χ3v) is 3.60. The molecule has 4 nitrogen and oxygen atoms in total. The third kappa shape index (κ3) is 3.13. The molecule has 1 aliphatic carbocycles.